The van der Waals surface area contributed by atoms with Crippen LogP contribution >= 0.6 is 0 Å². The topological polar surface area (TPSA) is 50.8 Å². The fourth-order valence-electron chi connectivity index (χ4n) is 3.84. The summed E-state index contributed by atoms with van der Waals surface area (Å²) >= 11 is 0. The molecule has 4 atom stereocenters. The molecule has 0 saturated heterocycles. The Kier molecular flexibility index (Phi) is 3.70. The number of likely N-dealkylation sites (N-methyl/N-ethyl adjacent to an activating group) is 1. The molecule has 0 amide bonds. The molecule has 0 bridgehead atoms. The largest absolute Gasteiger partial charge is 0.302 e. The Morgan fingerprint density at radius 3 is 2.37 bits per heavy atom. The maximum Gasteiger partial charge on any atom is 0.0818 e. The van der Waals surface area contributed by atoms with E-state index in [4.69, 9.17) is 0 Å². The number of nitriles is 2. The molecule has 1 fully saturated rings. The van der Waals surface area contributed by atoms with Crippen molar-refractivity contribution in [2.24, 2.45) is 23.2 Å². The number of allylic oxidation sites excluding steroid dienone is 1. The van der Waals surface area contributed by atoms with E-state index in [1.165, 1.54) is 12.0 Å². The van der Waals surface area contributed by atoms with Crippen LogP contribution in [0.3, 0.4) is 0 Å². The van der Waals surface area contributed by atoms with Gasteiger partial charge in [-0.25, -0.2) is 0 Å². The smallest absolute Gasteiger partial charge is 0.0818 e. The summed E-state index contributed by atoms with van der Waals surface area (Å²) in [4.78, 5) is 2.08. The molecule has 1 saturated carbocycles. The molecular weight excluding hydrogens is 234 g/mol. The van der Waals surface area contributed by atoms with Crippen molar-refractivity contribution in [3.05, 3.63) is 11.6 Å². The van der Waals surface area contributed by atoms with Crippen LogP contribution in [0.1, 0.15) is 33.1 Å². The van der Waals surface area contributed by atoms with E-state index in [9.17, 15) is 10.5 Å². The Morgan fingerprint density at radius 2 is 1.84 bits per heavy atom. The molecule has 3 nitrogen and oxygen atoms in total. The van der Waals surface area contributed by atoms with Crippen molar-refractivity contribution in [3.63, 3.8) is 0 Å². The van der Waals surface area contributed by atoms with Gasteiger partial charge in [-0.2, -0.15) is 10.5 Å². The van der Waals surface area contributed by atoms with Gasteiger partial charge < -0.3 is 4.90 Å². The van der Waals surface area contributed by atoms with Gasteiger partial charge in [-0.1, -0.05) is 31.9 Å². The molecule has 0 aromatic rings. The normalized spacial score (nSPS) is 36.9. The lowest BCUT2D eigenvalue weighted by Gasteiger charge is -2.47. The quantitative estimate of drug-likeness (QED) is 0.679. The fourth-order valence-corrected chi connectivity index (χ4v) is 3.84. The average Bonchev–Trinajstić information content (AvgIpc) is 2.36. The van der Waals surface area contributed by atoms with Crippen molar-refractivity contribution < 1.29 is 0 Å². The van der Waals surface area contributed by atoms with Gasteiger partial charge in [-0.3, -0.25) is 0 Å². The van der Waals surface area contributed by atoms with E-state index in [0.29, 0.717) is 0 Å². The van der Waals surface area contributed by atoms with Gasteiger partial charge >= 0.3 is 0 Å². The van der Waals surface area contributed by atoms with E-state index in [0.717, 1.165) is 12.8 Å². The molecule has 2 aliphatic carbocycles. The van der Waals surface area contributed by atoms with Gasteiger partial charge in [-0.05, 0) is 38.3 Å². The van der Waals surface area contributed by atoms with Crippen LogP contribution in [0.5, 0.6) is 0 Å². The Labute approximate surface area is 116 Å². The first kappa shape index (κ1) is 14.1. The number of hydrogen-bond acceptors (Lipinski definition) is 3. The molecule has 102 valence electrons. The van der Waals surface area contributed by atoms with Crippen LogP contribution in [0.25, 0.3) is 0 Å². The van der Waals surface area contributed by atoms with E-state index in [1.807, 2.05) is 14.1 Å². The molecule has 2 rings (SSSR count). The average molecular weight is 257 g/mol. The SMILES string of the molecule is CN(C)[C@@H]1C=C2[C@H](CCCC2(C)C)[C@@H](C#N)[C@@H]1C#N. The predicted octanol–water partition coefficient (Wildman–Crippen LogP) is 2.96. The monoisotopic (exact) mass is 257 g/mol. The lowest BCUT2D eigenvalue weighted by Crippen LogP contribution is -2.46. The van der Waals surface area contributed by atoms with Gasteiger partial charge in [0.1, 0.15) is 0 Å². The summed E-state index contributed by atoms with van der Waals surface area (Å²) in [7, 11) is 3.99. The molecule has 0 aromatic carbocycles. The standard InChI is InChI=1S/C16H23N3/c1-16(2)7-5-6-11-12(9-17)13(10-18)15(19(3)4)8-14(11)16/h8,11-13,15H,5-7H2,1-4H3/t11-,12-,13+,15-/m1/s1. The van der Waals surface area contributed by atoms with Crippen molar-refractivity contribution in [2.75, 3.05) is 14.1 Å². The second kappa shape index (κ2) is 4.99. The lowest BCUT2D eigenvalue weighted by atomic mass is 9.58. The van der Waals surface area contributed by atoms with Gasteiger partial charge in [0.25, 0.3) is 0 Å². The molecule has 0 unspecified atom stereocenters. The van der Waals surface area contributed by atoms with Crippen LogP contribution in [-0.2, 0) is 0 Å². The van der Waals surface area contributed by atoms with E-state index in [2.05, 4.69) is 37.0 Å². The van der Waals surface area contributed by atoms with E-state index in [-0.39, 0.29) is 29.2 Å². The Morgan fingerprint density at radius 1 is 1.21 bits per heavy atom. The maximum atomic E-state index is 9.55. The first-order chi connectivity index (χ1) is 8.92. The fraction of sp³-hybridized carbons (Fsp3) is 0.750. The molecule has 3 heteroatoms. The van der Waals surface area contributed by atoms with Crippen LogP contribution in [0, 0.1) is 45.8 Å². The van der Waals surface area contributed by atoms with Crippen molar-refractivity contribution in [2.45, 2.75) is 39.2 Å². The zero-order valence-corrected chi connectivity index (χ0v) is 12.3. The van der Waals surface area contributed by atoms with Crippen molar-refractivity contribution in [3.8, 4) is 12.1 Å². The van der Waals surface area contributed by atoms with E-state index in [1.54, 1.807) is 0 Å². The van der Waals surface area contributed by atoms with E-state index < -0.39 is 0 Å². The summed E-state index contributed by atoms with van der Waals surface area (Å²) in [6, 6.07) is 4.89. The lowest BCUT2D eigenvalue weighted by molar-refractivity contribution is 0.157. The third-order valence-corrected chi connectivity index (χ3v) is 4.93. The van der Waals surface area contributed by atoms with Crippen molar-refractivity contribution in [1.29, 1.82) is 10.5 Å². The minimum Gasteiger partial charge on any atom is -0.302 e. The number of rotatable bonds is 1. The number of fused-ring (bicyclic) bond motifs is 1. The molecule has 2 aliphatic rings. The van der Waals surface area contributed by atoms with Crippen LogP contribution in [0.15, 0.2) is 11.6 Å². The van der Waals surface area contributed by atoms with Crippen LogP contribution in [-0.4, -0.2) is 25.0 Å². The van der Waals surface area contributed by atoms with Crippen molar-refractivity contribution >= 4 is 0 Å². The molecule has 0 aromatic heterocycles. The first-order valence-corrected chi connectivity index (χ1v) is 7.10. The molecule has 19 heavy (non-hydrogen) atoms. The van der Waals surface area contributed by atoms with Crippen LogP contribution < -0.4 is 0 Å². The molecule has 0 radical (unpaired) electrons. The summed E-state index contributed by atoms with van der Waals surface area (Å²) < 4.78 is 0. The third kappa shape index (κ3) is 2.28. The summed E-state index contributed by atoms with van der Waals surface area (Å²) in [5.74, 6) is -0.0748. The second-order valence-electron chi connectivity index (χ2n) is 6.77. The Bertz CT molecular complexity index is 461. The Balaban J connectivity index is 2.50. The second-order valence-corrected chi connectivity index (χ2v) is 6.77. The highest BCUT2D eigenvalue weighted by atomic mass is 15.1. The summed E-state index contributed by atoms with van der Waals surface area (Å²) in [6.07, 6.45) is 5.69. The molecular formula is C16H23N3. The third-order valence-electron chi connectivity index (χ3n) is 4.93. The first-order valence-electron chi connectivity index (χ1n) is 7.10. The highest BCUT2D eigenvalue weighted by Crippen LogP contribution is 2.51. The highest BCUT2D eigenvalue weighted by molar-refractivity contribution is 5.30. The summed E-state index contributed by atoms with van der Waals surface area (Å²) in [5, 5.41) is 19.0. The van der Waals surface area contributed by atoms with Crippen LogP contribution in [0.2, 0.25) is 0 Å². The zero-order chi connectivity index (χ0) is 14.2. The number of nitrogens with zero attached hydrogens (tertiary/aromatic N) is 3. The van der Waals surface area contributed by atoms with Gasteiger partial charge in [0.2, 0.25) is 0 Å². The van der Waals surface area contributed by atoms with Gasteiger partial charge in [0, 0.05) is 6.04 Å². The maximum absolute atomic E-state index is 9.55. The molecule has 0 spiro atoms. The van der Waals surface area contributed by atoms with Gasteiger partial charge in [0.05, 0.1) is 24.0 Å². The van der Waals surface area contributed by atoms with E-state index >= 15 is 0 Å². The highest BCUT2D eigenvalue weighted by Gasteiger charge is 2.46. The number of hydrogen-bond donors (Lipinski definition) is 0. The molecule has 0 heterocycles. The molecule has 0 N–H and O–H groups in total. The van der Waals surface area contributed by atoms with Crippen molar-refractivity contribution in [1.82, 2.24) is 4.90 Å². The summed E-state index contributed by atoms with van der Waals surface area (Å²) in [6.45, 7) is 4.55. The Hall–Kier alpha value is -1.32. The molecule has 0 aliphatic heterocycles. The van der Waals surface area contributed by atoms with Crippen LogP contribution in [0.4, 0.5) is 0 Å². The zero-order valence-electron chi connectivity index (χ0n) is 12.3. The summed E-state index contributed by atoms with van der Waals surface area (Å²) in [5.41, 5.74) is 1.59. The van der Waals surface area contributed by atoms with Gasteiger partial charge in [0.15, 0.2) is 0 Å². The minimum absolute atomic E-state index is 0.0678. The van der Waals surface area contributed by atoms with Gasteiger partial charge in [-0.15, -0.1) is 0 Å². The predicted molar refractivity (Wildman–Crippen MR) is 74.9 cm³/mol. The minimum atomic E-state index is -0.206.